The second-order valence-electron chi connectivity index (χ2n) is 4.14. The Bertz CT molecular complexity index is 349. The van der Waals surface area contributed by atoms with Gasteiger partial charge in [-0.1, -0.05) is 6.07 Å². The van der Waals surface area contributed by atoms with Crippen molar-refractivity contribution in [2.75, 3.05) is 26.0 Å². The summed E-state index contributed by atoms with van der Waals surface area (Å²) in [4.78, 5) is 2.06. The molecule has 1 aliphatic rings. The quantitative estimate of drug-likeness (QED) is 0.765. The molecule has 2 rings (SSSR count). The Hall–Kier alpha value is -1.22. The van der Waals surface area contributed by atoms with Crippen LogP contribution in [-0.2, 0) is 6.42 Å². The molecule has 1 heterocycles. The van der Waals surface area contributed by atoms with E-state index < -0.39 is 0 Å². The number of hydrogen-bond donors (Lipinski definition) is 1. The maximum atomic E-state index is 5.90. The molecule has 1 unspecified atom stereocenters. The second-order valence-corrected chi connectivity index (χ2v) is 4.14. The molecular weight excluding hydrogens is 188 g/mol. The lowest BCUT2D eigenvalue weighted by molar-refractivity contribution is 0.0808. The molecule has 1 N–H and O–H groups in total. The van der Waals surface area contributed by atoms with Crippen LogP contribution in [0.1, 0.15) is 12.5 Å². The van der Waals surface area contributed by atoms with Crippen molar-refractivity contribution in [1.29, 1.82) is 0 Å². The van der Waals surface area contributed by atoms with Crippen LogP contribution in [0.5, 0.6) is 5.75 Å². The van der Waals surface area contributed by atoms with E-state index >= 15 is 0 Å². The largest absolute Gasteiger partial charge is 0.475 e. The van der Waals surface area contributed by atoms with E-state index in [1.165, 1.54) is 11.3 Å². The zero-order valence-electron chi connectivity index (χ0n) is 9.58. The molecule has 0 fully saturated rings. The number of hydrogen-bond acceptors (Lipinski definition) is 3. The Morgan fingerprint density at radius 3 is 2.93 bits per heavy atom. The minimum Gasteiger partial charge on any atom is -0.475 e. The number of anilines is 1. The predicted octanol–water partition coefficient (Wildman–Crippen LogP) is 1.94. The van der Waals surface area contributed by atoms with Gasteiger partial charge < -0.3 is 10.1 Å². The summed E-state index contributed by atoms with van der Waals surface area (Å²) in [5.41, 5.74) is 2.53. The third kappa shape index (κ3) is 2.07. The van der Waals surface area contributed by atoms with Crippen LogP contribution in [0, 0.1) is 0 Å². The summed E-state index contributed by atoms with van der Waals surface area (Å²) in [6.45, 7) is 3.08. The summed E-state index contributed by atoms with van der Waals surface area (Å²) in [5.74, 6) is 1.01. The lowest BCUT2D eigenvalue weighted by atomic mass is 10.1. The summed E-state index contributed by atoms with van der Waals surface area (Å²) >= 11 is 0. The van der Waals surface area contributed by atoms with Gasteiger partial charge in [0.15, 0.2) is 0 Å². The molecule has 3 nitrogen and oxygen atoms in total. The van der Waals surface area contributed by atoms with Gasteiger partial charge in [0.05, 0.1) is 0 Å². The summed E-state index contributed by atoms with van der Waals surface area (Å²) in [7, 11) is 4.04. The number of nitrogens with zero attached hydrogens (tertiary/aromatic N) is 1. The van der Waals surface area contributed by atoms with Crippen LogP contribution in [0.3, 0.4) is 0 Å². The highest BCUT2D eigenvalue weighted by Gasteiger charge is 2.16. The zero-order valence-corrected chi connectivity index (χ0v) is 9.58. The first-order valence-electron chi connectivity index (χ1n) is 5.37. The van der Waals surface area contributed by atoms with Crippen LogP contribution >= 0.6 is 0 Å². The van der Waals surface area contributed by atoms with Gasteiger partial charge in [-0.3, -0.25) is 4.90 Å². The predicted molar refractivity (Wildman–Crippen MR) is 62.4 cm³/mol. The van der Waals surface area contributed by atoms with Gasteiger partial charge in [-0.25, -0.2) is 0 Å². The molecule has 82 valence electrons. The summed E-state index contributed by atoms with van der Waals surface area (Å²) in [6.07, 6.45) is 1.17. The molecule has 0 bridgehead atoms. The third-order valence-corrected chi connectivity index (χ3v) is 2.85. The fraction of sp³-hybridized carbons (Fsp3) is 0.500. The highest BCUT2D eigenvalue weighted by Crippen LogP contribution is 2.31. The van der Waals surface area contributed by atoms with Crippen LogP contribution in [-0.4, -0.2) is 31.8 Å². The van der Waals surface area contributed by atoms with Gasteiger partial charge in [-0.05, 0) is 39.6 Å². The van der Waals surface area contributed by atoms with E-state index in [0.29, 0.717) is 0 Å². The molecule has 15 heavy (non-hydrogen) atoms. The average molecular weight is 206 g/mol. The van der Waals surface area contributed by atoms with Gasteiger partial charge in [0.1, 0.15) is 12.0 Å². The highest BCUT2D eigenvalue weighted by molar-refractivity contribution is 5.61. The molecule has 0 aliphatic carbocycles. The summed E-state index contributed by atoms with van der Waals surface area (Å²) in [6, 6.07) is 6.19. The molecule has 0 spiro atoms. The molecule has 1 atom stereocenters. The first-order valence-corrected chi connectivity index (χ1v) is 5.37. The van der Waals surface area contributed by atoms with E-state index in [2.05, 4.69) is 23.2 Å². The second kappa shape index (κ2) is 4.11. The first kappa shape index (κ1) is 10.3. The molecule has 1 aliphatic heterocycles. The van der Waals surface area contributed by atoms with Gasteiger partial charge in [0.2, 0.25) is 0 Å². The monoisotopic (exact) mass is 206 g/mol. The number of nitrogens with one attached hydrogen (secondary N) is 1. The van der Waals surface area contributed by atoms with Gasteiger partial charge in [-0.15, -0.1) is 0 Å². The third-order valence-electron chi connectivity index (χ3n) is 2.85. The van der Waals surface area contributed by atoms with Crippen LogP contribution in [0.2, 0.25) is 0 Å². The first-order chi connectivity index (χ1) is 7.18. The fourth-order valence-electron chi connectivity index (χ4n) is 1.71. The van der Waals surface area contributed by atoms with Crippen molar-refractivity contribution in [2.45, 2.75) is 19.6 Å². The van der Waals surface area contributed by atoms with Crippen molar-refractivity contribution in [2.24, 2.45) is 0 Å². The molecule has 0 saturated heterocycles. The minimum absolute atomic E-state index is 0.108. The van der Waals surface area contributed by atoms with E-state index in [1.807, 2.05) is 26.2 Å². The van der Waals surface area contributed by atoms with Crippen molar-refractivity contribution in [1.82, 2.24) is 4.90 Å². The Balaban J connectivity index is 2.19. The lowest BCUT2D eigenvalue weighted by Gasteiger charge is -2.22. The summed E-state index contributed by atoms with van der Waals surface area (Å²) in [5, 5.41) is 3.35. The van der Waals surface area contributed by atoms with E-state index in [-0.39, 0.29) is 6.23 Å². The number of rotatable bonds is 3. The van der Waals surface area contributed by atoms with E-state index in [9.17, 15) is 0 Å². The maximum absolute atomic E-state index is 5.90. The van der Waals surface area contributed by atoms with E-state index in [0.717, 1.165) is 18.7 Å². The van der Waals surface area contributed by atoms with Gasteiger partial charge in [-0.2, -0.15) is 0 Å². The van der Waals surface area contributed by atoms with Crippen LogP contribution in [0.4, 0.5) is 5.69 Å². The van der Waals surface area contributed by atoms with Crippen LogP contribution in [0.15, 0.2) is 18.2 Å². The lowest BCUT2D eigenvalue weighted by Crippen LogP contribution is -2.30. The zero-order chi connectivity index (χ0) is 10.8. The molecule has 0 radical (unpaired) electrons. The molecular formula is C12H18N2O. The van der Waals surface area contributed by atoms with Crippen molar-refractivity contribution < 1.29 is 4.74 Å². The molecule has 1 aromatic carbocycles. The Morgan fingerprint density at radius 2 is 2.20 bits per heavy atom. The Morgan fingerprint density at radius 1 is 1.40 bits per heavy atom. The molecule has 0 amide bonds. The molecule has 0 aromatic heterocycles. The fourth-order valence-corrected chi connectivity index (χ4v) is 1.71. The number of benzene rings is 1. The number of fused-ring (bicyclic) bond motifs is 1. The highest BCUT2D eigenvalue weighted by atomic mass is 16.5. The normalized spacial score (nSPS) is 16.0. The Kier molecular flexibility index (Phi) is 2.82. The van der Waals surface area contributed by atoms with Gasteiger partial charge >= 0.3 is 0 Å². The minimum atomic E-state index is 0.108. The summed E-state index contributed by atoms with van der Waals surface area (Å²) < 4.78 is 5.90. The van der Waals surface area contributed by atoms with Crippen LogP contribution < -0.4 is 10.1 Å². The van der Waals surface area contributed by atoms with E-state index in [4.69, 9.17) is 4.74 Å². The average Bonchev–Trinajstić information content (AvgIpc) is 2.66. The van der Waals surface area contributed by atoms with Crippen molar-refractivity contribution in [3.8, 4) is 5.75 Å². The number of ether oxygens (including phenoxy) is 1. The van der Waals surface area contributed by atoms with Crippen LogP contribution in [0.25, 0.3) is 0 Å². The van der Waals surface area contributed by atoms with Gasteiger partial charge in [0.25, 0.3) is 0 Å². The van der Waals surface area contributed by atoms with E-state index in [1.54, 1.807) is 0 Å². The maximum Gasteiger partial charge on any atom is 0.149 e. The topological polar surface area (TPSA) is 24.5 Å². The van der Waals surface area contributed by atoms with Crippen molar-refractivity contribution in [3.63, 3.8) is 0 Å². The SMILES string of the molecule is CC(Oc1cccc2c1CCN2)N(C)C. The van der Waals surface area contributed by atoms with Crippen molar-refractivity contribution >= 4 is 5.69 Å². The molecule has 1 aromatic rings. The molecule has 0 saturated carbocycles. The standard InChI is InChI=1S/C12H18N2O/c1-9(14(2)3)15-12-6-4-5-11-10(12)7-8-13-11/h4-6,9,13H,7-8H2,1-3H3. The van der Waals surface area contributed by atoms with Gasteiger partial charge in [0, 0.05) is 17.8 Å². The molecule has 3 heteroatoms. The smallest absolute Gasteiger partial charge is 0.149 e. The van der Waals surface area contributed by atoms with Crippen molar-refractivity contribution in [3.05, 3.63) is 23.8 Å². The Labute approximate surface area is 91.0 Å².